The van der Waals surface area contributed by atoms with Crippen molar-refractivity contribution in [1.82, 2.24) is 15.1 Å². The fraction of sp³-hybridized carbons (Fsp3) is 0.421. The minimum atomic E-state index is -0.823. The Kier molecular flexibility index (Phi) is 5.16. The second-order valence-corrected chi connectivity index (χ2v) is 6.67. The van der Waals surface area contributed by atoms with Crippen molar-refractivity contribution in [2.75, 3.05) is 0 Å². The van der Waals surface area contributed by atoms with Crippen molar-refractivity contribution in [1.29, 1.82) is 0 Å². The zero-order chi connectivity index (χ0) is 17.8. The van der Waals surface area contributed by atoms with Crippen LogP contribution in [0.1, 0.15) is 48.0 Å². The second kappa shape index (κ2) is 7.51. The number of aromatic nitrogens is 2. The van der Waals surface area contributed by atoms with Crippen molar-refractivity contribution in [2.45, 2.75) is 45.1 Å². The van der Waals surface area contributed by atoms with Gasteiger partial charge >= 0.3 is 5.97 Å². The first-order chi connectivity index (χ1) is 12.0. The summed E-state index contributed by atoms with van der Waals surface area (Å²) in [6.07, 6.45) is 7.91. The number of rotatable bonds is 4. The van der Waals surface area contributed by atoms with Crippen LogP contribution < -0.4 is 5.32 Å². The van der Waals surface area contributed by atoms with Crippen molar-refractivity contribution in [3.8, 4) is 5.69 Å². The minimum absolute atomic E-state index is 0.221. The predicted octanol–water partition coefficient (Wildman–Crippen LogP) is 2.94. The molecule has 0 bridgehead atoms. The summed E-state index contributed by atoms with van der Waals surface area (Å²) >= 11 is 0. The molecule has 1 heterocycles. The van der Waals surface area contributed by atoms with E-state index in [-0.39, 0.29) is 11.9 Å². The van der Waals surface area contributed by atoms with Gasteiger partial charge in [0.05, 0.1) is 17.8 Å². The van der Waals surface area contributed by atoms with Crippen molar-refractivity contribution >= 4 is 11.9 Å². The third kappa shape index (κ3) is 4.07. The molecule has 0 aliphatic heterocycles. The molecule has 0 saturated heterocycles. The summed E-state index contributed by atoms with van der Waals surface area (Å²) in [6.45, 7) is 1.97. The molecule has 1 aliphatic rings. The molecule has 0 radical (unpaired) electrons. The molecule has 0 spiro atoms. The molecule has 3 rings (SSSR count). The summed E-state index contributed by atoms with van der Waals surface area (Å²) in [7, 11) is 0. The summed E-state index contributed by atoms with van der Waals surface area (Å²) in [6, 6.07) is 6.86. The maximum atomic E-state index is 12.5. The van der Waals surface area contributed by atoms with Crippen LogP contribution in [0.4, 0.5) is 0 Å². The lowest BCUT2D eigenvalue weighted by atomic mass is 9.94. The van der Waals surface area contributed by atoms with Gasteiger partial charge in [0.25, 0.3) is 5.91 Å². The molecule has 0 unspecified atom stereocenters. The fourth-order valence-electron chi connectivity index (χ4n) is 3.35. The van der Waals surface area contributed by atoms with Crippen LogP contribution in [0.5, 0.6) is 0 Å². The molecule has 1 aromatic heterocycles. The van der Waals surface area contributed by atoms with Crippen LogP contribution in [0.25, 0.3) is 5.69 Å². The average Bonchev–Trinajstić information content (AvgIpc) is 2.89. The van der Waals surface area contributed by atoms with Gasteiger partial charge in [-0.3, -0.25) is 9.59 Å². The number of aliphatic carboxylic acids is 1. The molecule has 132 valence electrons. The Bertz CT molecular complexity index is 752. The SMILES string of the molecule is Cc1cnn(-c2ccc(C(=O)N[C@H]3CCCCC[C@H]3C(=O)O)cc2)c1. The maximum Gasteiger partial charge on any atom is 0.308 e. The summed E-state index contributed by atoms with van der Waals surface area (Å²) < 4.78 is 1.75. The van der Waals surface area contributed by atoms with Gasteiger partial charge in [0.2, 0.25) is 0 Å². The standard InChI is InChI=1S/C19H23N3O3/c1-13-11-20-22(12-13)15-9-7-14(8-10-15)18(23)21-17-6-4-2-3-5-16(17)19(24)25/h7-12,16-17H,2-6H2,1H3,(H,21,23)(H,24,25)/t16-,17+/m1/s1. The number of nitrogens with one attached hydrogen (secondary N) is 1. The number of amides is 1. The van der Waals surface area contributed by atoms with Crippen LogP contribution >= 0.6 is 0 Å². The van der Waals surface area contributed by atoms with E-state index in [2.05, 4.69) is 10.4 Å². The largest absolute Gasteiger partial charge is 0.481 e. The Morgan fingerprint density at radius 2 is 1.88 bits per heavy atom. The van der Waals surface area contributed by atoms with Gasteiger partial charge in [0.15, 0.2) is 0 Å². The number of nitrogens with zero attached hydrogens (tertiary/aromatic N) is 2. The van der Waals surface area contributed by atoms with Crippen LogP contribution in [-0.4, -0.2) is 32.8 Å². The molecule has 2 atom stereocenters. The highest BCUT2D eigenvalue weighted by Crippen LogP contribution is 2.24. The molecule has 1 saturated carbocycles. The van der Waals surface area contributed by atoms with E-state index in [9.17, 15) is 14.7 Å². The lowest BCUT2D eigenvalue weighted by molar-refractivity contribution is -0.142. The minimum Gasteiger partial charge on any atom is -0.481 e. The summed E-state index contributed by atoms with van der Waals surface area (Å²) in [5.41, 5.74) is 2.47. The number of carbonyl (C=O) groups excluding carboxylic acids is 1. The second-order valence-electron chi connectivity index (χ2n) is 6.67. The third-order valence-electron chi connectivity index (χ3n) is 4.76. The first-order valence-electron chi connectivity index (χ1n) is 8.70. The van der Waals surface area contributed by atoms with Crippen LogP contribution in [0, 0.1) is 12.8 Å². The van der Waals surface area contributed by atoms with Gasteiger partial charge < -0.3 is 10.4 Å². The van der Waals surface area contributed by atoms with E-state index in [1.54, 1.807) is 23.0 Å². The summed E-state index contributed by atoms with van der Waals surface area (Å²) in [5.74, 6) is -1.55. The van der Waals surface area contributed by atoms with E-state index < -0.39 is 11.9 Å². The number of hydrogen-bond donors (Lipinski definition) is 2. The van der Waals surface area contributed by atoms with E-state index in [1.165, 1.54) is 0 Å². The van der Waals surface area contributed by atoms with Crippen molar-refractivity contribution in [3.63, 3.8) is 0 Å². The van der Waals surface area contributed by atoms with Crippen molar-refractivity contribution in [2.24, 2.45) is 5.92 Å². The molecule has 25 heavy (non-hydrogen) atoms. The molecular weight excluding hydrogens is 318 g/mol. The number of carboxylic acids is 1. The van der Waals surface area contributed by atoms with Gasteiger partial charge in [-0.1, -0.05) is 19.3 Å². The van der Waals surface area contributed by atoms with Crippen molar-refractivity contribution in [3.05, 3.63) is 47.8 Å². The Morgan fingerprint density at radius 1 is 1.16 bits per heavy atom. The fourth-order valence-corrected chi connectivity index (χ4v) is 3.35. The summed E-state index contributed by atoms with van der Waals surface area (Å²) in [5, 5.41) is 16.6. The van der Waals surface area contributed by atoms with E-state index in [4.69, 9.17) is 0 Å². The van der Waals surface area contributed by atoms with E-state index >= 15 is 0 Å². The molecular formula is C19H23N3O3. The summed E-state index contributed by atoms with van der Waals surface area (Å²) in [4.78, 5) is 24.0. The molecule has 1 aliphatic carbocycles. The lowest BCUT2D eigenvalue weighted by Crippen LogP contribution is -2.42. The smallest absolute Gasteiger partial charge is 0.308 e. The zero-order valence-electron chi connectivity index (χ0n) is 14.3. The highest BCUT2D eigenvalue weighted by molar-refractivity contribution is 5.94. The average molecular weight is 341 g/mol. The molecule has 1 aromatic carbocycles. The van der Waals surface area contributed by atoms with Crippen LogP contribution in [0.3, 0.4) is 0 Å². The number of aryl methyl sites for hydroxylation is 1. The first-order valence-corrected chi connectivity index (χ1v) is 8.70. The Balaban J connectivity index is 1.70. The Hall–Kier alpha value is -2.63. The van der Waals surface area contributed by atoms with Gasteiger partial charge in [0.1, 0.15) is 0 Å². The molecule has 6 nitrogen and oxygen atoms in total. The third-order valence-corrected chi connectivity index (χ3v) is 4.76. The van der Waals surface area contributed by atoms with Gasteiger partial charge in [-0.25, -0.2) is 4.68 Å². The van der Waals surface area contributed by atoms with Crippen LogP contribution in [-0.2, 0) is 4.79 Å². The zero-order valence-corrected chi connectivity index (χ0v) is 14.3. The molecule has 1 amide bonds. The lowest BCUT2D eigenvalue weighted by Gasteiger charge is -2.23. The number of carbonyl (C=O) groups is 2. The Morgan fingerprint density at radius 3 is 2.52 bits per heavy atom. The normalized spacial score (nSPS) is 20.7. The molecule has 2 N–H and O–H groups in total. The quantitative estimate of drug-likeness (QED) is 0.838. The number of benzene rings is 1. The van der Waals surface area contributed by atoms with Gasteiger partial charge in [0, 0.05) is 17.8 Å². The topological polar surface area (TPSA) is 84.2 Å². The van der Waals surface area contributed by atoms with E-state index in [0.29, 0.717) is 18.4 Å². The molecule has 6 heteroatoms. The van der Waals surface area contributed by atoms with Crippen LogP contribution in [0.15, 0.2) is 36.7 Å². The number of carboxylic acid groups (broad SMARTS) is 1. The first kappa shape index (κ1) is 17.2. The maximum absolute atomic E-state index is 12.5. The highest BCUT2D eigenvalue weighted by Gasteiger charge is 2.30. The van der Waals surface area contributed by atoms with Crippen molar-refractivity contribution < 1.29 is 14.7 Å². The van der Waals surface area contributed by atoms with E-state index in [0.717, 1.165) is 30.5 Å². The highest BCUT2D eigenvalue weighted by atomic mass is 16.4. The van der Waals surface area contributed by atoms with Gasteiger partial charge in [-0.15, -0.1) is 0 Å². The van der Waals surface area contributed by atoms with Gasteiger partial charge in [-0.2, -0.15) is 5.10 Å². The predicted molar refractivity (Wildman–Crippen MR) is 93.8 cm³/mol. The monoisotopic (exact) mass is 341 g/mol. The number of hydrogen-bond acceptors (Lipinski definition) is 3. The van der Waals surface area contributed by atoms with Gasteiger partial charge in [-0.05, 0) is 49.6 Å². The van der Waals surface area contributed by atoms with Crippen LogP contribution in [0.2, 0.25) is 0 Å². The Labute approximate surface area is 146 Å². The molecule has 1 fully saturated rings. The van der Waals surface area contributed by atoms with E-state index in [1.807, 2.05) is 25.3 Å². The molecule has 2 aromatic rings.